The number of methoxy groups -OCH3 is 2. The summed E-state index contributed by atoms with van der Waals surface area (Å²) in [5.74, 6) is -0.685. The lowest BCUT2D eigenvalue weighted by Gasteiger charge is -2.34. The Bertz CT molecular complexity index is 2450. The zero-order valence-corrected chi connectivity index (χ0v) is 42.7. The fourth-order valence-corrected chi connectivity index (χ4v) is 10.6. The molecule has 4 N–H and O–H groups in total. The normalized spacial score (nSPS) is 20.7. The molecule has 18 nitrogen and oxygen atoms in total. The Morgan fingerprint density at radius 3 is 1.44 bits per heavy atom. The highest BCUT2D eigenvalue weighted by molar-refractivity contribution is 5.99. The second kappa shape index (κ2) is 23.6. The molecule has 5 heterocycles. The summed E-state index contributed by atoms with van der Waals surface area (Å²) in [6.45, 7) is 11.2. The molecule has 0 saturated carbocycles. The smallest absolute Gasteiger partial charge is 0.407 e. The van der Waals surface area contributed by atoms with E-state index in [-0.39, 0.29) is 47.5 Å². The van der Waals surface area contributed by atoms with Crippen LogP contribution in [0.1, 0.15) is 89.4 Å². The number of alkyl carbamates (subject to hydrolysis) is 2. The van der Waals surface area contributed by atoms with Gasteiger partial charge in [0, 0.05) is 55.0 Å². The molecule has 0 spiro atoms. The van der Waals surface area contributed by atoms with Crippen LogP contribution < -0.4 is 31.1 Å². The number of hydrogen-bond acceptors (Lipinski definition) is 12. The summed E-state index contributed by atoms with van der Waals surface area (Å²) in [4.78, 5) is 91.6. The van der Waals surface area contributed by atoms with Crippen LogP contribution in [0.3, 0.4) is 0 Å². The summed E-state index contributed by atoms with van der Waals surface area (Å²) in [6, 6.07) is 25.5. The maximum atomic E-state index is 13.8. The molecule has 18 heteroatoms. The van der Waals surface area contributed by atoms with Crippen molar-refractivity contribution in [3.8, 4) is 11.1 Å². The first-order valence-electron chi connectivity index (χ1n) is 25.5. The van der Waals surface area contributed by atoms with Gasteiger partial charge in [0.1, 0.15) is 30.0 Å². The minimum absolute atomic E-state index is 0.0260. The number of amides is 6. The van der Waals surface area contributed by atoms with E-state index in [9.17, 15) is 28.8 Å². The van der Waals surface area contributed by atoms with Gasteiger partial charge in [-0.1, -0.05) is 64.1 Å². The average molecular weight is 1000 g/mol. The monoisotopic (exact) mass is 1000 g/mol. The van der Waals surface area contributed by atoms with Crippen LogP contribution in [0, 0.1) is 11.8 Å². The quantitative estimate of drug-likeness (QED) is 0.0928. The van der Waals surface area contributed by atoms with Crippen LogP contribution >= 0.6 is 0 Å². The molecular formula is C55H69N9O9. The van der Waals surface area contributed by atoms with E-state index < -0.39 is 36.4 Å². The van der Waals surface area contributed by atoms with Crippen molar-refractivity contribution in [1.82, 2.24) is 25.4 Å². The molecule has 0 aliphatic carbocycles. The van der Waals surface area contributed by atoms with Gasteiger partial charge in [-0.25, -0.2) is 14.6 Å². The Hall–Kier alpha value is -7.21. The Balaban J connectivity index is 0.996. The van der Waals surface area contributed by atoms with E-state index in [1.165, 1.54) is 14.2 Å². The molecule has 388 valence electrons. The topological polar surface area (TPSA) is 204 Å². The van der Waals surface area contributed by atoms with Gasteiger partial charge in [-0.15, -0.1) is 0 Å². The third-order valence-corrected chi connectivity index (χ3v) is 14.6. The number of carbonyl (C=O) groups excluding carboxylic acids is 6. The van der Waals surface area contributed by atoms with Crippen molar-refractivity contribution >= 4 is 58.7 Å². The average Bonchev–Trinajstić information content (AvgIpc) is 4.21. The first-order chi connectivity index (χ1) is 35.2. The lowest BCUT2D eigenvalue weighted by molar-refractivity contribution is -0.139. The summed E-state index contributed by atoms with van der Waals surface area (Å²) in [7, 11) is 2.50. The molecule has 6 atom stereocenters. The van der Waals surface area contributed by atoms with Crippen molar-refractivity contribution in [3.05, 3.63) is 102 Å². The van der Waals surface area contributed by atoms with Crippen molar-refractivity contribution < 1.29 is 43.0 Å². The Kier molecular flexibility index (Phi) is 16.8. The van der Waals surface area contributed by atoms with Crippen LogP contribution in [-0.4, -0.2) is 128 Å². The first-order valence-corrected chi connectivity index (χ1v) is 25.5. The number of benzene rings is 3. The van der Waals surface area contributed by atoms with E-state index >= 15 is 0 Å². The molecule has 0 bridgehead atoms. The summed E-state index contributed by atoms with van der Waals surface area (Å²) in [5.41, 5.74) is 6.45. The van der Waals surface area contributed by atoms with Crippen LogP contribution in [0.5, 0.6) is 0 Å². The summed E-state index contributed by atoms with van der Waals surface area (Å²) < 4.78 is 15.0. The molecule has 6 amide bonds. The van der Waals surface area contributed by atoms with Gasteiger partial charge >= 0.3 is 12.2 Å². The highest BCUT2D eigenvalue weighted by Crippen LogP contribution is 2.47. The number of aromatic nitrogens is 1. The molecule has 4 fully saturated rings. The number of morpholine rings is 1. The maximum Gasteiger partial charge on any atom is 0.407 e. The predicted molar refractivity (Wildman–Crippen MR) is 278 cm³/mol. The Morgan fingerprint density at radius 2 is 1.03 bits per heavy atom. The number of carbonyl (C=O) groups is 6. The van der Waals surface area contributed by atoms with E-state index in [0.29, 0.717) is 63.4 Å². The number of nitrogens with zero attached hydrogens (tertiary/aromatic N) is 5. The van der Waals surface area contributed by atoms with E-state index in [1.807, 2.05) is 82.4 Å². The van der Waals surface area contributed by atoms with E-state index in [4.69, 9.17) is 19.2 Å². The first kappa shape index (κ1) is 52.1. The number of nitrogens with one attached hydrogen (secondary N) is 4. The second-order valence-electron chi connectivity index (χ2n) is 19.9. The van der Waals surface area contributed by atoms with E-state index in [1.54, 1.807) is 9.80 Å². The minimum atomic E-state index is -0.827. The van der Waals surface area contributed by atoms with Gasteiger partial charge in [0.05, 0.1) is 39.5 Å². The summed E-state index contributed by atoms with van der Waals surface area (Å²) in [6.07, 6.45) is 4.56. The molecule has 0 unspecified atom stereocenters. The van der Waals surface area contributed by atoms with Gasteiger partial charge in [0.15, 0.2) is 0 Å². The third-order valence-electron chi connectivity index (χ3n) is 14.6. The Morgan fingerprint density at radius 1 is 0.575 bits per heavy atom. The van der Waals surface area contributed by atoms with Gasteiger partial charge in [-0.3, -0.25) is 19.2 Å². The number of pyridine rings is 1. The molecular weight excluding hydrogens is 931 g/mol. The fourth-order valence-electron chi connectivity index (χ4n) is 10.6. The van der Waals surface area contributed by atoms with Crippen LogP contribution in [0.25, 0.3) is 11.1 Å². The molecule has 1 aromatic heterocycles. The predicted octanol–water partition coefficient (Wildman–Crippen LogP) is 7.29. The minimum Gasteiger partial charge on any atom is -0.453 e. The fraction of sp³-hybridized carbons (Fsp3) is 0.473. The molecule has 4 aliphatic rings. The zero-order valence-electron chi connectivity index (χ0n) is 42.7. The van der Waals surface area contributed by atoms with Crippen molar-refractivity contribution in [2.45, 2.75) is 102 Å². The third kappa shape index (κ3) is 12.0. The van der Waals surface area contributed by atoms with Crippen molar-refractivity contribution in [3.63, 3.8) is 0 Å². The highest BCUT2D eigenvalue weighted by Gasteiger charge is 2.41. The molecule has 3 aromatic carbocycles. The van der Waals surface area contributed by atoms with Crippen molar-refractivity contribution in [2.75, 3.05) is 74.0 Å². The van der Waals surface area contributed by atoms with E-state index in [2.05, 4.69) is 67.5 Å². The van der Waals surface area contributed by atoms with E-state index in [0.717, 1.165) is 59.7 Å². The van der Waals surface area contributed by atoms with Gasteiger partial charge < -0.3 is 55.1 Å². The molecule has 0 radical (unpaired) electrons. The number of rotatable bonds is 15. The summed E-state index contributed by atoms with van der Waals surface area (Å²) >= 11 is 0. The lowest BCUT2D eigenvalue weighted by atomic mass is 10.0. The molecule has 4 saturated heterocycles. The van der Waals surface area contributed by atoms with Crippen LogP contribution in [0.2, 0.25) is 0 Å². The number of likely N-dealkylation sites (tertiary alicyclic amines) is 2. The van der Waals surface area contributed by atoms with Gasteiger partial charge in [0.25, 0.3) is 0 Å². The Labute approximate surface area is 427 Å². The van der Waals surface area contributed by atoms with Gasteiger partial charge in [-0.2, -0.15) is 0 Å². The van der Waals surface area contributed by atoms with Crippen LogP contribution in [0.15, 0.2) is 91.1 Å². The van der Waals surface area contributed by atoms with Gasteiger partial charge in [0.2, 0.25) is 23.6 Å². The number of hydrogen-bond donors (Lipinski definition) is 4. The molecule has 4 aromatic rings. The molecule has 73 heavy (non-hydrogen) atoms. The molecule has 4 aliphatic heterocycles. The SMILES string of the molecule is COC(=O)N[C@H](C(=O)N1CCC[C@H]1C(=O)Nc1ccc([C@H]2CC[C@H](c3ccc(NC(=O)[C@@H]4CCCN4C(=O)[C@@H](NC(=O)OC)C(C)C)cc3)N2c2ccc(-c3ccc(N4CCOCC4)nc3)cc2)cc1)C(C)C. The standard InChI is InChI=1S/C55H69N9O9/c1-34(2)48(59-54(69)71-5)52(67)62-27-7-9-45(62)50(65)57-40-18-11-37(12-19-40)43-24-25-44(64(43)42-22-15-36(16-23-42)39-17-26-47(56-33-39)61-29-31-73-32-30-61)38-13-20-41(21-14-38)58-51(66)46-10-8-28-63(46)53(68)49(35(3)4)60-55(70)72-6/h11-23,26,33-35,43-46,48-49H,7-10,24-25,27-32H2,1-6H3,(H,57,65)(H,58,66)(H,59,69)(H,60,70)/t43-,44-,45+,46+,48+,49+/m1/s1. The van der Waals surface area contributed by atoms with Crippen molar-refractivity contribution in [2.24, 2.45) is 11.8 Å². The van der Waals surface area contributed by atoms with Crippen molar-refractivity contribution in [1.29, 1.82) is 0 Å². The number of anilines is 4. The summed E-state index contributed by atoms with van der Waals surface area (Å²) in [5, 5.41) is 11.4. The largest absolute Gasteiger partial charge is 0.453 e. The van der Waals surface area contributed by atoms with Gasteiger partial charge in [-0.05, 0) is 116 Å². The lowest BCUT2D eigenvalue weighted by Crippen LogP contribution is -2.54. The second-order valence-corrected chi connectivity index (χ2v) is 19.9. The zero-order chi connectivity index (χ0) is 51.8. The highest BCUT2D eigenvalue weighted by atomic mass is 16.5. The maximum absolute atomic E-state index is 13.8. The molecule has 8 rings (SSSR count). The van der Waals surface area contributed by atoms with Crippen LogP contribution in [-0.2, 0) is 33.4 Å². The number of ether oxygens (including phenoxy) is 3. The van der Waals surface area contributed by atoms with Crippen LogP contribution in [0.4, 0.5) is 32.5 Å².